The number of pyridine rings is 1. The Morgan fingerprint density at radius 1 is 0.706 bits per heavy atom. The lowest BCUT2D eigenvalue weighted by Gasteiger charge is -2.41. The Bertz CT molecular complexity index is 991. The predicted octanol–water partition coefficient (Wildman–Crippen LogP) is 3.14. The van der Waals surface area contributed by atoms with Crippen LogP contribution in [0.4, 0.5) is 5.82 Å². The average Bonchev–Trinajstić information content (AvgIpc) is 2.92. The van der Waals surface area contributed by atoms with Crippen LogP contribution in [0.2, 0.25) is 0 Å². The minimum atomic E-state index is 0.247. The average molecular weight is 456 g/mol. The number of anilines is 1. The molecular formula is C28H33N5O. The van der Waals surface area contributed by atoms with Crippen LogP contribution in [-0.2, 0) is 4.79 Å². The second-order valence-electron chi connectivity index (χ2n) is 9.09. The van der Waals surface area contributed by atoms with Gasteiger partial charge in [-0.2, -0.15) is 0 Å². The van der Waals surface area contributed by atoms with Gasteiger partial charge in [0.1, 0.15) is 5.82 Å². The maximum atomic E-state index is 13.0. The van der Waals surface area contributed by atoms with Crippen LogP contribution >= 0.6 is 0 Å². The van der Waals surface area contributed by atoms with Gasteiger partial charge in [-0.05, 0) is 23.3 Å². The van der Waals surface area contributed by atoms with Crippen molar-refractivity contribution >= 4 is 11.7 Å². The van der Waals surface area contributed by atoms with Gasteiger partial charge < -0.3 is 9.80 Å². The molecular weight excluding hydrogens is 422 g/mol. The van der Waals surface area contributed by atoms with Crippen LogP contribution in [0.25, 0.3) is 0 Å². The van der Waals surface area contributed by atoms with Crippen molar-refractivity contribution in [3.8, 4) is 0 Å². The van der Waals surface area contributed by atoms with E-state index in [0.29, 0.717) is 6.54 Å². The van der Waals surface area contributed by atoms with Gasteiger partial charge in [0.2, 0.25) is 5.91 Å². The third-order valence-electron chi connectivity index (χ3n) is 6.97. The minimum Gasteiger partial charge on any atom is -0.353 e. The van der Waals surface area contributed by atoms with Gasteiger partial charge in [0, 0.05) is 58.6 Å². The predicted molar refractivity (Wildman–Crippen MR) is 136 cm³/mol. The fourth-order valence-electron chi connectivity index (χ4n) is 5.08. The number of hydrogen-bond donors (Lipinski definition) is 0. The first-order valence-corrected chi connectivity index (χ1v) is 12.3. The highest BCUT2D eigenvalue weighted by atomic mass is 16.2. The number of nitrogens with zero attached hydrogens (tertiary/aromatic N) is 5. The third-order valence-corrected chi connectivity index (χ3v) is 6.97. The van der Waals surface area contributed by atoms with Gasteiger partial charge in [0.25, 0.3) is 0 Å². The Kier molecular flexibility index (Phi) is 7.17. The van der Waals surface area contributed by atoms with Gasteiger partial charge in [-0.15, -0.1) is 0 Å². The second kappa shape index (κ2) is 10.8. The summed E-state index contributed by atoms with van der Waals surface area (Å²) in [5.41, 5.74) is 2.65. The largest absolute Gasteiger partial charge is 0.353 e. The highest BCUT2D eigenvalue weighted by molar-refractivity contribution is 5.78. The zero-order valence-electron chi connectivity index (χ0n) is 19.7. The van der Waals surface area contributed by atoms with Crippen molar-refractivity contribution in [1.29, 1.82) is 0 Å². The van der Waals surface area contributed by atoms with Gasteiger partial charge in [-0.25, -0.2) is 4.98 Å². The van der Waals surface area contributed by atoms with Crippen molar-refractivity contribution in [3.05, 3.63) is 96.2 Å². The molecule has 0 atom stereocenters. The number of piperazine rings is 2. The molecule has 0 spiro atoms. The first kappa shape index (κ1) is 22.6. The molecule has 34 heavy (non-hydrogen) atoms. The molecule has 0 radical (unpaired) electrons. The molecule has 3 heterocycles. The van der Waals surface area contributed by atoms with Gasteiger partial charge in [0.15, 0.2) is 0 Å². The molecule has 6 heteroatoms. The molecule has 1 amide bonds. The quantitative estimate of drug-likeness (QED) is 0.571. The summed E-state index contributed by atoms with van der Waals surface area (Å²) in [4.78, 5) is 26.6. The van der Waals surface area contributed by atoms with E-state index in [2.05, 4.69) is 80.3 Å². The van der Waals surface area contributed by atoms with Gasteiger partial charge >= 0.3 is 0 Å². The molecule has 176 valence electrons. The van der Waals surface area contributed by atoms with Crippen LogP contribution in [0.15, 0.2) is 85.1 Å². The van der Waals surface area contributed by atoms with Gasteiger partial charge in [-0.3, -0.25) is 14.6 Å². The summed E-state index contributed by atoms with van der Waals surface area (Å²) in [5, 5.41) is 0. The lowest BCUT2D eigenvalue weighted by Crippen LogP contribution is -2.54. The van der Waals surface area contributed by atoms with Crippen molar-refractivity contribution in [2.75, 3.05) is 63.8 Å². The minimum absolute atomic E-state index is 0.247. The van der Waals surface area contributed by atoms with Crippen LogP contribution in [0.5, 0.6) is 0 Å². The summed E-state index contributed by atoms with van der Waals surface area (Å²) >= 11 is 0. The van der Waals surface area contributed by atoms with Gasteiger partial charge in [0.05, 0.1) is 12.6 Å². The van der Waals surface area contributed by atoms with E-state index in [1.54, 1.807) is 0 Å². The molecule has 2 aliphatic rings. The van der Waals surface area contributed by atoms with Crippen LogP contribution in [0, 0.1) is 0 Å². The van der Waals surface area contributed by atoms with Crippen LogP contribution in [0.3, 0.4) is 0 Å². The van der Waals surface area contributed by atoms with E-state index in [0.717, 1.165) is 58.2 Å². The second-order valence-corrected chi connectivity index (χ2v) is 9.09. The highest BCUT2D eigenvalue weighted by Crippen LogP contribution is 2.29. The van der Waals surface area contributed by atoms with E-state index >= 15 is 0 Å². The SMILES string of the molecule is O=C(CN1CCN(C(c2ccccc2)c2ccccc2)CC1)N1CCN(c2ccccn2)CC1. The van der Waals surface area contributed by atoms with Crippen molar-refractivity contribution in [2.45, 2.75) is 6.04 Å². The first-order valence-electron chi connectivity index (χ1n) is 12.3. The lowest BCUT2D eigenvalue weighted by atomic mass is 9.96. The molecule has 2 saturated heterocycles. The monoisotopic (exact) mass is 455 g/mol. The van der Waals surface area contributed by atoms with Crippen LogP contribution in [-0.4, -0.2) is 84.5 Å². The summed E-state index contributed by atoms with van der Waals surface area (Å²) in [6.07, 6.45) is 1.83. The fraction of sp³-hybridized carbons (Fsp3) is 0.357. The van der Waals surface area contributed by atoms with Crippen molar-refractivity contribution < 1.29 is 4.79 Å². The Balaban J connectivity index is 1.15. The molecule has 0 N–H and O–H groups in total. The van der Waals surface area contributed by atoms with E-state index in [1.165, 1.54) is 11.1 Å². The lowest BCUT2D eigenvalue weighted by molar-refractivity contribution is -0.133. The summed E-state index contributed by atoms with van der Waals surface area (Å²) in [7, 11) is 0. The zero-order valence-corrected chi connectivity index (χ0v) is 19.7. The standard InChI is InChI=1S/C28H33N5O/c34-27(32-21-19-31(20-22-32)26-13-7-8-14-29-26)23-30-15-17-33(18-16-30)28(24-9-3-1-4-10-24)25-11-5-2-6-12-25/h1-14,28H,15-23H2. The number of hydrogen-bond acceptors (Lipinski definition) is 5. The van der Waals surface area contributed by atoms with Gasteiger partial charge in [-0.1, -0.05) is 66.7 Å². The molecule has 3 aromatic rings. The Hall–Kier alpha value is -3.22. The Labute approximate surface area is 202 Å². The molecule has 0 unspecified atom stereocenters. The third kappa shape index (κ3) is 5.29. The van der Waals surface area contributed by atoms with Crippen LogP contribution < -0.4 is 4.90 Å². The maximum Gasteiger partial charge on any atom is 0.236 e. The molecule has 1 aromatic heterocycles. The molecule has 2 fully saturated rings. The number of benzene rings is 2. The number of rotatable bonds is 6. The van der Waals surface area contributed by atoms with Crippen molar-refractivity contribution in [1.82, 2.24) is 19.7 Å². The summed E-state index contributed by atoms with van der Waals surface area (Å²) in [6.45, 7) is 7.45. The fourth-order valence-corrected chi connectivity index (χ4v) is 5.08. The van der Waals surface area contributed by atoms with Crippen molar-refractivity contribution in [2.24, 2.45) is 0 Å². The topological polar surface area (TPSA) is 42.9 Å². The number of amides is 1. The Morgan fingerprint density at radius 2 is 1.29 bits per heavy atom. The number of aromatic nitrogens is 1. The highest BCUT2D eigenvalue weighted by Gasteiger charge is 2.28. The van der Waals surface area contributed by atoms with E-state index in [1.807, 2.05) is 29.3 Å². The number of carbonyl (C=O) groups is 1. The maximum absolute atomic E-state index is 13.0. The summed E-state index contributed by atoms with van der Waals surface area (Å²) in [6, 6.07) is 27.7. The Morgan fingerprint density at radius 3 is 1.85 bits per heavy atom. The van der Waals surface area contributed by atoms with Crippen LogP contribution in [0.1, 0.15) is 17.2 Å². The normalized spacial score (nSPS) is 17.8. The van der Waals surface area contributed by atoms with E-state index in [-0.39, 0.29) is 11.9 Å². The molecule has 0 bridgehead atoms. The zero-order chi connectivity index (χ0) is 23.2. The number of carbonyl (C=O) groups excluding carboxylic acids is 1. The molecule has 2 aliphatic heterocycles. The summed E-state index contributed by atoms with van der Waals surface area (Å²) in [5.74, 6) is 1.24. The van der Waals surface area contributed by atoms with E-state index in [9.17, 15) is 4.79 Å². The van der Waals surface area contributed by atoms with Crippen molar-refractivity contribution in [3.63, 3.8) is 0 Å². The summed E-state index contributed by atoms with van der Waals surface area (Å²) < 4.78 is 0. The van der Waals surface area contributed by atoms with E-state index < -0.39 is 0 Å². The molecule has 5 rings (SSSR count). The molecule has 0 aliphatic carbocycles. The smallest absolute Gasteiger partial charge is 0.236 e. The van der Waals surface area contributed by atoms with E-state index in [4.69, 9.17) is 0 Å². The first-order chi connectivity index (χ1) is 16.8. The molecule has 2 aromatic carbocycles. The molecule has 0 saturated carbocycles. The molecule has 6 nitrogen and oxygen atoms in total.